The third kappa shape index (κ3) is 1.81. The van der Waals surface area contributed by atoms with Gasteiger partial charge in [0.15, 0.2) is 0 Å². The summed E-state index contributed by atoms with van der Waals surface area (Å²) in [4.78, 5) is 0.982. The number of nitrogens with two attached hydrogens (primary N) is 1. The normalized spacial score (nSPS) is 27.8. The summed E-state index contributed by atoms with van der Waals surface area (Å²) in [7, 11) is -0.888. The van der Waals surface area contributed by atoms with Crippen LogP contribution >= 0.6 is 0 Å². The number of rotatable bonds is 0. The molecule has 0 fully saturated rings. The molecule has 0 aliphatic carbocycles. The van der Waals surface area contributed by atoms with Crippen molar-refractivity contribution in [3.63, 3.8) is 0 Å². The Hall–Kier alpha value is -0.670. The zero-order valence-electron chi connectivity index (χ0n) is 7.40. The summed E-state index contributed by atoms with van der Waals surface area (Å²) in [6.07, 6.45) is 1.91. The molecule has 2 atom stereocenters. The molecule has 0 saturated carbocycles. The minimum Gasteiger partial charge on any atom is -0.327 e. The van der Waals surface area contributed by atoms with E-state index < -0.39 is 10.8 Å². The van der Waals surface area contributed by atoms with E-state index in [-0.39, 0.29) is 6.04 Å². The van der Waals surface area contributed by atoms with Crippen LogP contribution < -0.4 is 5.73 Å². The van der Waals surface area contributed by atoms with Gasteiger partial charge in [0.25, 0.3) is 0 Å². The molecule has 0 saturated heterocycles. The number of aryl methyl sites for hydroxylation is 1. The van der Waals surface area contributed by atoms with E-state index >= 15 is 0 Å². The summed E-state index contributed by atoms with van der Waals surface area (Å²) in [5.41, 5.74) is 7.01. The summed E-state index contributed by atoms with van der Waals surface area (Å²) < 4.78 is 11.7. The van der Waals surface area contributed by atoms with Crippen molar-refractivity contribution in [3.8, 4) is 0 Å². The molecule has 1 aromatic carbocycles. The van der Waals surface area contributed by atoms with E-state index in [1.807, 2.05) is 24.3 Å². The van der Waals surface area contributed by atoms with Crippen LogP contribution in [0.15, 0.2) is 29.2 Å². The van der Waals surface area contributed by atoms with Gasteiger partial charge in [-0.2, -0.15) is 0 Å². The first-order valence-corrected chi connectivity index (χ1v) is 5.81. The molecule has 0 radical (unpaired) electrons. The molecule has 1 aromatic rings. The third-order valence-electron chi connectivity index (χ3n) is 2.37. The van der Waals surface area contributed by atoms with Crippen LogP contribution in [0.4, 0.5) is 0 Å². The van der Waals surface area contributed by atoms with Crippen LogP contribution in [-0.4, -0.2) is 16.0 Å². The molecule has 1 aliphatic rings. The monoisotopic (exact) mass is 195 g/mol. The van der Waals surface area contributed by atoms with Crippen molar-refractivity contribution < 1.29 is 4.21 Å². The zero-order valence-corrected chi connectivity index (χ0v) is 8.22. The molecule has 0 spiro atoms. The van der Waals surface area contributed by atoms with Crippen LogP contribution in [0.3, 0.4) is 0 Å². The molecule has 13 heavy (non-hydrogen) atoms. The van der Waals surface area contributed by atoms with Gasteiger partial charge < -0.3 is 5.73 Å². The first kappa shape index (κ1) is 8.91. The standard InChI is InChI=1S/C10H13NOS/c11-9-6-5-8-3-1-2-4-10(8)13(12)7-9/h1-4,9H,5-7,11H2. The highest BCUT2D eigenvalue weighted by molar-refractivity contribution is 7.85. The average Bonchev–Trinajstić information content (AvgIpc) is 2.27. The molecule has 2 nitrogen and oxygen atoms in total. The molecule has 1 aliphatic heterocycles. The van der Waals surface area contributed by atoms with E-state index in [4.69, 9.17) is 5.73 Å². The number of fused-ring (bicyclic) bond motifs is 1. The van der Waals surface area contributed by atoms with E-state index in [2.05, 4.69) is 0 Å². The Morgan fingerprint density at radius 1 is 1.38 bits per heavy atom. The predicted octanol–water partition coefficient (Wildman–Crippen LogP) is 1.07. The second-order valence-corrected chi connectivity index (χ2v) is 4.88. The predicted molar refractivity (Wildman–Crippen MR) is 54.0 cm³/mol. The van der Waals surface area contributed by atoms with Crippen molar-refractivity contribution in [2.75, 3.05) is 5.75 Å². The topological polar surface area (TPSA) is 43.1 Å². The highest BCUT2D eigenvalue weighted by Gasteiger charge is 2.17. The molecule has 2 N–H and O–H groups in total. The average molecular weight is 195 g/mol. The summed E-state index contributed by atoms with van der Waals surface area (Å²) in [5.74, 6) is 0.608. The Bertz CT molecular complexity index is 337. The number of hydrogen-bond donors (Lipinski definition) is 1. The molecular weight excluding hydrogens is 182 g/mol. The van der Waals surface area contributed by atoms with Crippen LogP contribution in [0.25, 0.3) is 0 Å². The summed E-state index contributed by atoms with van der Waals surface area (Å²) in [5, 5.41) is 0. The summed E-state index contributed by atoms with van der Waals surface area (Å²) >= 11 is 0. The van der Waals surface area contributed by atoms with Crippen molar-refractivity contribution in [1.82, 2.24) is 0 Å². The van der Waals surface area contributed by atoms with Crippen LogP contribution in [0, 0.1) is 0 Å². The van der Waals surface area contributed by atoms with Crippen LogP contribution in [0.2, 0.25) is 0 Å². The minimum atomic E-state index is -0.888. The van der Waals surface area contributed by atoms with Gasteiger partial charge >= 0.3 is 0 Å². The first-order chi connectivity index (χ1) is 6.27. The first-order valence-electron chi connectivity index (χ1n) is 4.49. The molecule has 2 unspecified atom stereocenters. The molecule has 0 aromatic heterocycles. The SMILES string of the molecule is NC1CCc2ccccc2S(=O)C1. The summed E-state index contributed by atoms with van der Waals surface area (Å²) in [6.45, 7) is 0. The lowest BCUT2D eigenvalue weighted by atomic mass is 10.1. The van der Waals surface area contributed by atoms with E-state index in [0.29, 0.717) is 5.75 Å². The molecule has 70 valence electrons. The lowest BCUT2D eigenvalue weighted by Crippen LogP contribution is -2.25. The van der Waals surface area contributed by atoms with Crippen molar-refractivity contribution in [2.24, 2.45) is 5.73 Å². The van der Waals surface area contributed by atoms with Gasteiger partial charge in [-0.25, -0.2) is 0 Å². The Labute approximate surface area is 80.6 Å². The maximum Gasteiger partial charge on any atom is 0.0547 e. The van der Waals surface area contributed by atoms with Crippen molar-refractivity contribution in [1.29, 1.82) is 0 Å². The quantitative estimate of drug-likeness (QED) is 0.673. The lowest BCUT2D eigenvalue weighted by Gasteiger charge is -2.03. The van der Waals surface area contributed by atoms with Crippen molar-refractivity contribution >= 4 is 10.8 Å². The maximum absolute atomic E-state index is 11.7. The van der Waals surface area contributed by atoms with Gasteiger partial charge in [-0.1, -0.05) is 18.2 Å². The van der Waals surface area contributed by atoms with Gasteiger partial charge in [0, 0.05) is 16.7 Å². The smallest absolute Gasteiger partial charge is 0.0547 e. The van der Waals surface area contributed by atoms with E-state index in [1.165, 1.54) is 5.56 Å². The van der Waals surface area contributed by atoms with Gasteiger partial charge in [0.2, 0.25) is 0 Å². The van der Waals surface area contributed by atoms with Gasteiger partial charge in [-0.3, -0.25) is 4.21 Å². The Morgan fingerprint density at radius 2 is 2.15 bits per heavy atom. The van der Waals surface area contributed by atoms with Gasteiger partial charge in [-0.05, 0) is 24.5 Å². The van der Waals surface area contributed by atoms with Gasteiger partial charge in [0.05, 0.1) is 10.8 Å². The Balaban J connectivity index is 2.40. The van der Waals surface area contributed by atoms with Crippen LogP contribution in [0.1, 0.15) is 12.0 Å². The van der Waals surface area contributed by atoms with E-state index in [0.717, 1.165) is 17.7 Å². The minimum absolute atomic E-state index is 0.0910. The van der Waals surface area contributed by atoms with Crippen LogP contribution in [-0.2, 0) is 17.2 Å². The fourth-order valence-corrected chi connectivity index (χ4v) is 3.07. The molecule has 1 heterocycles. The molecular formula is C10H13NOS. The van der Waals surface area contributed by atoms with Gasteiger partial charge in [-0.15, -0.1) is 0 Å². The second-order valence-electron chi connectivity index (χ2n) is 3.42. The third-order valence-corrected chi connectivity index (χ3v) is 3.99. The van der Waals surface area contributed by atoms with Crippen molar-refractivity contribution in [3.05, 3.63) is 29.8 Å². The second kappa shape index (κ2) is 3.60. The van der Waals surface area contributed by atoms with Gasteiger partial charge in [0.1, 0.15) is 0 Å². The highest BCUT2D eigenvalue weighted by atomic mass is 32.2. The molecule has 0 bridgehead atoms. The highest BCUT2D eigenvalue weighted by Crippen LogP contribution is 2.20. The van der Waals surface area contributed by atoms with E-state index in [1.54, 1.807) is 0 Å². The van der Waals surface area contributed by atoms with E-state index in [9.17, 15) is 4.21 Å². The van der Waals surface area contributed by atoms with Crippen LogP contribution in [0.5, 0.6) is 0 Å². The number of hydrogen-bond acceptors (Lipinski definition) is 2. The van der Waals surface area contributed by atoms with Crippen molar-refractivity contribution in [2.45, 2.75) is 23.8 Å². The molecule has 2 rings (SSSR count). The fourth-order valence-electron chi connectivity index (χ4n) is 1.64. The Kier molecular flexibility index (Phi) is 2.47. The largest absolute Gasteiger partial charge is 0.327 e. The lowest BCUT2D eigenvalue weighted by molar-refractivity contribution is 0.657. The maximum atomic E-state index is 11.7. The molecule has 3 heteroatoms. The number of benzene rings is 1. The molecule has 0 amide bonds. The Morgan fingerprint density at radius 3 is 3.00 bits per heavy atom. The summed E-state index contributed by atoms with van der Waals surface area (Å²) in [6, 6.07) is 8.02. The fraction of sp³-hybridized carbons (Fsp3) is 0.400. The zero-order chi connectivity index (χ0) is 9.26.